The van der Waals surface area contributed by atoms with Gasteiger partial charge in [0, 0.05) is 19.3 Å². The Bertz CT molecular complexity index is 1320. The van der Waals surface area contributed by atoms with E-state index in [0.29, 0.717) is 39.3 Å². The van der Waals surface area contributed by atoms with Crippen LogP contribution in [0.5, 0.6) is 0 Å². The Kier molecular flexibility index (Phi) is 7.34. The minimum Gasteiger partial charge on any atom is -0.384 e. The van der Waals surface area contributed by atoms with Gasteiger partial charge in [0.05, 0.1) is 39.5 Å². The lowest BCUT2D eigenvalue weighted by molar-refractivity contribution is -0.122. The molecule has 0 aromatic heterocycles. The standard InChI is InChI=1S/C26H25N5O2S2/c1-5-28-20-12-11-19(14-27)13-21(20)29-26-31(15-18-9-7-6-8-10-18)24(33)23(35-26)25-30(4)16(2)22(34-25)17(3)32/h6-13,28H,5,15H2,1-4H3. The predicted octanol–water partition coefficient (Wildman–Crippen LogP) is 5.42. The number of Topliss-reactive ketones (excluding diaryl/α,β-unsaturated/α-hetero) is 1. The second-order valence-corrected chi connectivity index (χ2v) is 9.99. The van der Waals surface area contributed by atoms with Gasteiger partial charge in [0.15, 0.2) is 11.0 Å². The Morgan fingerprint density at radius 2 is 1.91 bits per heavy atom. The Balaban J connectivity index is 1.81. The number of nitrogens with zero attached hydrogens (tertiary/aromatic N) is 4. The third kappa shape index (κ3) is 4.99. The van der Waals surface area contributed by atoms with Crippen LogP contribution < -0.4 is 5.32 Å². The van der Waals surface area contributed by atoms with Gasteiger partial charge in [0.1, 0.15) is 4.91 Å². The maximum atomic E-state index is 13.7. The van der Waals surface area contributed by atoms with Crippen LogP contribution in [0, 0.1) is 11.3 Å². The number of thioether (sulfide) groups is 2. The first kappa shape index (κ1) is 24.6. The smallest absolute Gasteiger partial charge is 0.269 e. The van der Waals surface area contributed by atoms with Crippen molar-refractivity contribution in [2.45, 2.75) is 27.3 Å². The van der Waals surface area contributed by atoms with Crippen molar-refractivity contribution in [2.24, 2.45) is 4.99 Å². The number of hydrogen-bond acceptors (Lipinski definition) is 8. The molecule has 1 saturated heterocycles. The lowest BCUT2D eigenvalue weighted by atomic mass is 10.2. The van der Waals surface area contributed by atoms with Crippen LogP contribution in [0.25, 0.3) is 0 Å². The van der Waals surface area contributed by atoms with Crippen molar-refractivity contribution in [3.05, 3.63) is 80.2 Å². The Morgan fingerprint density at radius 3 is 2.54 bits per heavy atom. The topological polar surface area (TPSA) is 88.8 Å². The summed E-state index contributed by atoms with van der Waals surface area (Å²) in [5.41, 5.74) is 3.68. The third-order valence-electron chi connectivity index (χ3n) is 5.61. The van der Waals surface area contributed by atoms with Gasteiger partial charge in [-0.15, -0.1) is 0 Å². The van der Waals surface area contributed by atoms with Crippen molar-refractivity contribution >= 4 is 51.8 Å². The van der Waals surface area contributed by atoms with Crippen LogP contribution in [0.2, 0.25) is 0 Å². The molecular weight excluding hydrogens is 478 g/mol. The molecule has 9 heteroatoms. The number of ketones is 1. The number of anilines is 1. The molecule has 0 bridgehead atoms. The van der Waals surface area contributed by atoms with Gasteiger partial charge in [-0.25, -0.2) is 4.99 Å². The number of carbonyl (C=O) groups is 2. The number of aliphatic imine (C=N–C) groups is 1. The van der Waals surface area contributed by atoms with Gasteiger partial charge in [-0.1, -0.05) is 42.1 Å². The van der Waals surface area contributed by atoms with Gasteiger partial charge in [-0.05, 0) is 56.3 Å². The minimum absolute atomic E-state index is 0.0240. The van der Waals surface area contributed by atoms with E-state index in [1.807, 2.05) is 62.2 Å². The summed E-state index contributed by atoms with van der Waals surface area (Å²) in [7, 11) is 1.87. The largest absolute Gasteiger partial charge is 0.384 e. The van der Waals surface area contributed by atoms with Crippen molar-refractivity contribution in [1.29, 1.82) is 5.26 Å². The molecule has 0 aliphatic carbocycles. The van der Waals surface area contributed by atoms with Gasteiger partial charge >= 0.3 is 0 Å². The average Bonchev–Trinajstić information content (AvgIpc) is 3.31. The van der Waals surface area contributed by atoms with Crippen molar-refractivity contribution in [3.8, 4) is 6.07 Å². The summed E-state index contributed by atoms with van der Waals surface area (Å²) in [5, 5.41) is 13.9. The molecule has 0 atom stereocenters. The highest BCUT2D eigenvalue weighted by Crippen LogP contribution is 2.47. The summed E-state index contributed by atoms with van der Waals surface area (Å²) in [6.07, 6.45) is 0. The molecule has 1 amide bonds. The molecule has 1 fully saturated rings. The second-order valence-electron chi connectivity index (χ2n) is 8.01. The van der Waals surface area contributed by atoms with Crippen molar-refractivity contribution < 1.29 is 9.59 Å². The van der Waals surface area contributed by atoms with Gasteiger partial charge in [0.25, 0.3) is 5.91 Å². The molecule has 2 aromatic rings. The molecule has 7 nitrogen and oxygen atoms in total. The van der Waals surface area contributed by atoms with E-state index in [9.17, 15) is 14.9 Å². The molecule has 0 unspecified atom stereocenters. The number of hydrogen-bond donors (Lipinski definition) is 1. The van der Waals surface area contributed by atoms with E-state index < -0.39 is 0 Å². The quantitative estimate of drug-likeness (QED) is 0.527. The Hall–Kier alpha value is -3.48. The fraction of sp³-hybridized carbons (Fsp3) is 0.231. The maximum Gasteiger partial charge on any atom is 0.269 e. The second kappa shape index (κ2) is 10.4. The van der Waals surface area contributed by atoms with Crippen LogP contribution >= 0.6 is 23.5 Å². The van der Waals surface area contributed by atoms with Gasteiger partial charge < -0.3 is 10.2 Å². The SMILES string of the molecule is CCNc1ccc(C#N)cc1N=C1SC(=C2SC(C(C)=O)=C(C)N2C)C(=O)N1Cc1ccccc1. The molecule has 2 aliphatic rings. The highest BCUT2D eigenvalue weighted by atomic mass is 32.2. The Labute approximate surface area is 213 Å². The number of carbonyl (C=O) groups excluding carboxylic acids is 2. The molecule has 1 N–H and O–H groups in total. The number of nitrogens with one attached hydrogen (secondary N) is 1. The lowest BCUT2D eigenvalue weighted by Crippen LogP contribution is -2.29. The number of amidine groups is 1. The summed E-state index contributed by atoms with van der Waals surface area (Å²) in [6.45, 7) is 6.46. The zero-order valence-electron chi connectivity index (χ0n) is 20.0. The summed E-state index contributed by atoms with van der Waals surface area (Å²) < 4.78 is 0. The summed E-state index contributed by atoms with van der Waals surface area (Å²) in [5.74, 6) is -0.185. The van der Waals surface area contributed by atoms with E-state index in [1.165, 1.54) is 30.4 Å². The molecule has 0 saturated carbocycles. The van der Waals surface area contributed by atoms with Gasteiger partial charge in [0.2, 0.25) is 0 Å². The van der Waals surface area contributed by atoms with Crippen LogP contribution in [-0.2, 0) is 16.1 Å². The minimum atomic E-state index is -0.161. The van der Waals surface area contributed by atoms with E-state index in [0.717, 1.165) is 22.0 Å². The van der Waals surface area contributed by atoms with E-state index in [4.69, 9.17) is 4.99 Å². The average molecular weight is 504 g/mol. The molecule has 0 spiro atoms. The first-order valence-corrected chi connectivity index (χ1v) is 12.7. The van der Waals surface area contributed by atoms with Crippen molar-refractivity contribution in [3.63, 3.8) is 0 Å². The van der Waals surface area contributed by atoms with Crippen LogP contribution in [0.1, 0.15) is 31.9 Å². The van der Waals surface area contributed by atoms with E-state index in [1.54, 1.807) is 17.0 Å². The van der Waals surface area contributed by atoms with Crippen LogP contribution in [-0.4, -0.2) is 40.3 Å². The molecule has 35 heavy (non-hydrogen) atoms. The molecule has 4 rings (SSSR count). The van der Waals surface area contributed by atoms with Crippen LogP contribution in [0.3, 0.4) is 0 Å². The normalized spacial score (nSPS) is 19.1. The number of rotatable bonds is 6. The predicted molar refractivity (Wildman–Crippen MR) is 143 cm³/mol. The van der Waals surface area contributed by atoms with E-state index in [2.05, 4.69) is 11.4 Å². The van der Waals surface area contributed by atoms with Crippen LogP contribution in [0.4, 0.5) is 11.4 Å². The Morgan fingerprint density at radius 1 is 1.17 bits per heavy atom. The van der Waals surface area contributed by atoms with E-state index >= 15 is 0 Å². The number of nitriles is 1. The van der Waals surface area contributed by atoms with Gasteiger partial charge in [-0.3, -0.25) is 14.5 Å². The summed E-state index contributed by atoms with van der Waals surface area (Å²) in [4.78, 5) is 35.4. The molecule has 2 heterocycles. The molecule has 2 aliphatic heterocycles. The fourth-order valence-corrected chi connectivity index (χ4v) is 6.06. The van der Waals surface area contributed by atoms with Crippen molar-refractivity contribution in [1.82, 2.24) is 9.80 Å². The molecular formula is C26H25N5O2S2. The first-order valence-electron chi connectivity index (χ1n) is 11.1. The summed E-state index contributed by atoms with van der Waals surface area (Å²) in [6, 6.07) is 17.2. The first-order chi connectivity index (χ1) is 16.8. The van der Waals surface area contributed by atoms with E-state index in [-0.39, 0.29) is 11.7 Å². The molecule has 178 valence electrons. The van der Waals surface area contributed by atoms with Crippen molar-refractivity contribution in [2.75, 3.05) is 18.9 Å². The lowest BCUT2D eigenvalue weighted by Gasteiger charge is -2.17. The number of amides is 1. The zero-order chi connectivity index (χ0) is 25.1. The third-order valence-corrected chi connectivity index (χ3v) is 8.26. The van der Waals surface area contributed by atoms with Gasteiger partial charge in [-0.2, -0.15) is 5.26 Å². The fourth-order valence-electron chi connectivity index (χ4n) is 3.73. The summed E-state index contributed by atoms with van der Waals surface area (Å²) >= 11 is 2.62. The highest BCUT2D eigenvalue weighted by molar-refractivity contribution is 8.19. The monoisotopic (exact) mass is 503 g/mol. The molecule has 0 radical (unpaired) electrons. The molecule has 2 aromatic carbocycles. The maximum absolute atomic E-state index is 13.7. The highest BCUT2D eigenvalue weighted by Gasteiger charge is 2.39. The zero-order valence-corrected chi connectivity index (χ0v) is 21.6. The number of allylic oxidation sites excluding steroid dienone is 2. The number of benzene rings is 2. The van der Waals surface area contributed by atoms with Crippen LogP contribution in [0.15, 0.2) is 74.1 Å².